The van der Waals surface area contributed by atoms with Crippen LogP contribution in [0.2, 0.25) is 0 Å². The van der Waals surface area contributed by atoms with Crippen LogP contribution in [0.5, 0.6) is 5.75 Å². The molecule has 0 saturated carbocycles. The number of methoxy groups -OCH3 is 1. The van der Waals surface area contributed by atoms with Crippen molar-refractivity contribution in [3.05, 3.63) is 76.4 Å². The topological polar surface area (TPSA) is 84.4 Å². The van der Waals surface area contributed by atoms with E-state index in [4.69, 9.17) is 4.74 Å². The molecular formula is C27H26N4O3S2. The number of carbonyl (C=O) groups is 2. The van der Waals surface area contributed by atoms with Gasteiger partial charge >= 0.3 is 0 Å². The number of para-hydroxylation sites is 2. The van der Waals surface area contributed by atoms with Crippen LogP contribution >= 0.6 is 23.1 Å². The normalized spacial score (nSPS) is 14.1. The highest BCUT2D eigenvalue weighted by Gasteiger charge is 2.28. The van der Waals surface area contributed by atoms with Gasteiger partial charge in [0.15, 0.2) is 0 Å². The molecule has 5 rings (SSSR count). The summed E-state index contributed by atoms with van der Waals surface area (Å²) in [5.41, 5.74) is 2.35. The molecule has 36 heavy (non-hydrogen) atoms. The Morgan fingerprint density at radius 3 is 2.58 bits per heavy atom. The first-order valence-corrected chi connectivity index (χ1v) is 13.8. The highest BCUT2D eigenvalue weighted by molar-refractivity contribution is 7.98. The van der Waals surface area contributed by atoms with Crippen LogP contribution in [-0.2, 0) is 0 Å². The molecule has 1 aliphatic heterocycles. The fourth-order valence-corrected chi connectivity index (χ4v) is 5.95. The van der Waals surface area contributed by atoms with E-state index in [-0.39, 0.29) is 17.7 Å². The summed E-state index contributed by atoms with van der Waals surface area (Å²) in [4.78, 5) is 38.1. The number of nitrogens with one attached hydrogen (secondary N) is 1. The zero-order valence-corrected chi connectivity index (χ0v) is 21.7. The van der Waals surface area contributed by atoms with E-state index in [1.165, 1.54) is 11.3 Å². The second-order valence-electron chi connectivity index (χ2n) is 8.52. The van der Waals surface area contributed by atoms with Crippen molar-refractivity contribution in [1.29, 1.82) is 0 Å². The Kier molecular flexibility index (Phi) is 7.20. The van der Waals surface area contributed by atoms with Crippen molar-refractivity contribution in [3.63, 3.8) is 0 Å². The SMILES string of the molecule is COc1cc(C(=O)N2CCC(c3nc(C(=O)Nc4ccccc4SC)cs3)CC2)nc2ccccc12. The van der Waals surface area contributed by atoms with Gasteiger partial charge in [-0.05, 0) is 43.4 Å². The van der Waals surface area contributed by atoms with Gasteiger partial charge in [0.25, 0.3) is 11.8 Å². The molecule has 0 radical (unpaired) electrons. The van der Waals surface area contributed by atoms with E-state index in [1.54, 1.807) is 24.9 Å². The summed E-state index contributed by atoms with van der Waals surface area (Å²) in [5, 5.41) is 6.61. The minimum Gasteiger partial charge on any atom is -0.496 e. The summed E-state index contributed by atoms with van der Waals surface area (Å²) in [6.07, 6.45) is 3.57. The number of hydrogen-bond donors (Lipinski definition) is 1. The second-order valence-corrected chi connectivity index (χ2v) is 10.3. The molecule has 1 aliphatic rings. The molecule has 3 heterocycles. The van der Waals surface area contributed by atoms with Crippen molar-refractivity contribution >= 4 is 51.5 Å². The smallest absolute Gasteiger partial charge is 0.275 e. The molecule has 2 aromatic heterocycles. The Bertz CT molecular complexity index is 1410. The van der Waals surface area contributed by atoms with E-state index in [9.17, 15) is 9.59 Å². The maximum atomic E-state index is 13.2. The fraction of sp³-hybridized carbons (Fsp3) is 0.259. The second kappa shape index (κ2) is 10.7. The van der Waals surface area contributed by atoms with E-state index in [0.717, 1.165) is 39.3 Å². The Labute approximate surface area is 217 Å². The maximum absolute atomic E-state index is 13.2. The Balaban J connectivity index is 1.23. The molecule has 0 spiro atoms. The lowest BCUT2D eigenvalue weighted by molar-refractivity contribution is 0.0707. The number of fused-ring (bicyclic) bond motifs is 1. The summed E-state index contributed by atoms with van der Waals surface area (Å²) in [6, 6.07) is 17.1. The first-order valence-electron chi connectivity index (χ1n) is 11.7. The van der Waals surface area contributed by atoms with Crippen LogP contribution in [-0.4, -0.2) is 53.1 Å². The van der Waals surface area contributed by atoms with Crippen LogP contribution in [0, 0.1) is 0 Å². The van der Waals surface area contributed by atoms with E-state index in [2.05, 4.69) is 15.3 Å². The van der Waals surface area contributed by atoms with Gasteiger partial charge in [0.2, 0.25) is 0 Å². The Morgan fingerprint density at radius 2 is 1.81 bits per heavy atom. The van der Waals surface area contributed by atoms with Gasteiger partial charge in [0.05, 0.1) is 23.3 Å². The van der Waals surface area contributed by atoms with Gasteiger partial charge in [-0.2, -0.15) is 0 Å². The highest BCUT2D eigenvalue weighted by Crippen LogP contribution is 2.32. The van der Waals surface area contributed by atoms with Crippen LogP contribution < -0.4 is 10.1 Å². The van der Waals surface area contributed by atoms with Crippen molar-refractivity contribution in [3.8, 4) is 5.75 Å². The third-order valence-corrected chi connectivity index (χ3v) is 8.16. The van der Waals surface area contributed by atoms with Crippen molar-refractivity contribution in [2.24, 2.45) is 0 Å². The molecule has 1 saturated heterocycles. The third-order valence-electron chi connectivity index (χ3n) is 6.36. The number of benzene rings is 2. The number of amides is 2. The fourth-order valence-electron chi connectivity index (χ4n) is 4.43. The van der Waals surface area contributed by atoms with Gasteiger partial charge < -0.3 is 15.0 Å². The average Bonchev–Trinajstić information content (AvgIpc) is 3.43. The number of carbonyl (C=O) groups excluding carboxylic acids is 2. The van der Waals surface area contributed by atoms with Crippen LogP contribution in [0.1, 0.15) is 44.7 Å². The Morgan fingerprint density at radius 1 is 1.06 bits per heavy atom. The lowest BCUT2D eigenvalue weighted by atomic mass is 9.97. The third kappa shape index (κ3) is 4.94. The molecule has 1 fully saturated rings. The van der Waals surface area contributed by atoms with Gasteiger partial charge in [-0.15, -0.1) is 23.1 Å². The van der Waals surface area contributed by atoms with Crippen molar-refractivity contribution in [1.82, 2.24) is 14.9 Å². The van der Waals surface area contributed by atoms with E-state index >= 15 is 0 Å². The lowest BCUT2D eigenvalue weighted by Gasteiger charge is -2.31. The number of rotatable bonds is 6. The molecule has 0 aliphatic carbocycles. The van der Waals surface area contributed by atoms with Crippen molar-refractivity contribution < 1.29 is 14.3 Å². The molecule has 2 aromatic carbocycles. The highest BCUT2D eigenvalue weighted by atomic mass is 32.2. The minimum absolute atomic E-state index is 0.0934. The first kappa shape index (κ1) is 24.3. The van der Waals surface area contributed by atoms with Gasteiger partial charge in [0, 0.05) is 40.7 Å². The number of nitrogens with zero attached hydrogens (tertiary/aromatic N) is 3. The summed E-state index contributed by atoms with van der Waals surface area (Å²) in [6.45, 7) is 1.23. The van der Waals surface area contributed by atoms with E-state index in [1.807, 2.05) is 65.1 Å². The van der Waals surface area contributed by atoms with Crippen LogP contribution in [0.15, 0.2) is 64.9 Å². The van der Waals surface area contributed by atoms with Crippen LogP contribution in [0.25, 0.3) is 10.9 Å². The monoisotopic (exact) mass is 518 g/mol. The van der Waals surface area contributed by atoms with Crippen LogP contribution in [0.4, 0.5) is 5.69 Å². The molecular weight excluding hydrogens is 492 g/mol. The number of thioether (sulfide) groups is 1. The largest absolute Gasteiger partial charge is 0.496 e. The predicted octanol–water partition coefficient (Wildman–Crippen LogP) is 5.69. The number of ether oxygens (including phenoxy) is 1. The molecule has 2 amide bonds. The number of aromatic nitrogens is 2. The summed E-state index contributed by atoms with van der Waals surface area (Å²) >= 11 is 3.10. The van der Waals surface area contributed by atoms with Gasteiger partial charge in [-0.1, -0.05) is 24.3 Å². The lowest BCUT2D eigenvalue weighted by Crippen LogP contribution is -2.38. The van der Waals surface area contributed by atoms with Crippen molar-refractivity contribution in [2.45, 2.75) is 23.7 Å². The molecule has 7 nitrogen and oxygen atoms in total. The quantitative estimate of drug-likeness (QED) is 0.330. The molecule has 0 atom stereocenters. The standard InChI is InChI=1S/C27H26N4O3S2/c1-34-23-15-21(28-19-8-4-3-7-18(19)23)27(33)31-13-11-17(12-14-31)26-30-22(16-36-26)25(32)29-20-9-5-6-10-24(20)35-2/h3-10,15-17H,11-14H2,1-2H3,(H,29,32). The van der Waals surface area contributed by atoms with E-state index < -0.39 is 0 Å². The van der Waals surface area contributed by atoms with Gasteiger partial charge in [0.1, 0.15) is 17.1 Å². The van der Waals surface area contributed by atoms with Crippen molar-refractivity contribution in [2.75, 3.05) is 31.8 Å². The van der Waals surface area contributed by atoms with Gasteiger partial charge in [-0.25, -0.2) is 9.97 Å². The number of hydrogen-bond acceptors (Lipinski definition) is 7. The molecule has 4 aromatic rings. The zero-order valence-electron chi connectivity index (χ0n) is 20.1. The van der Waals surface area contributed by atoms with E-state index in [0.29, 0.717) is 30.2 Å². The van der Waals surface area contributed by atoms with Crippen LogP contribution in [0.3, 0.4) is 0 Å². The number of pyridine rings is 1. The molecule has 0 bridgehead atoms. The van der Waals surface area contributed by atoms with Gasteiger partial charge in [-0.3, -0.25) is 9.59 Å². The number of likely N-dealkylation sites (tertiary alicyclic amines) is 1. The number of thiazole rings is 1. The predicted molar refractivity (Wildman–Crippen MR) is 144 cm³/mol. The zero-order chi connectivity index (χ0) is 25.1. The molecule has 184 valence electrons. The molecule has 1 N–H and O–H groups in total. The Hall–Kier alpha value is -3.43. The summed E-state index contributed by atoms with van der Waals surface area (Å²) in [5.74, 6) is 0.567. The minimum atomic E-state index is -0.206. The molecule has 0 unspecified atom stereocenters. The number of anilines is 1. The maximum Gasteiger partial charge on any atom is 0.275 e. The average molecular weight is 519 g/mol. The summed E-state index contributed by atoms with van der Waals surface area (Å²) < 4.78 is 5.50. The summed E-state index contributed by atoms with van der Waals surface area (Å²) in [7, 11) is 1.60. The number of piperidine rings is 1. The molecule has 9 heteroatoms. The first-order chi connectivity index (χ1) is 17.6.